The minimum Gasteiger partial charge on any atom is -0.416 e. The summed E-state index contributed by atoms with van der Waals surface area (Å²) >= 11 is 3.50. The fourth-order valence-corrected chi connectivity index (χ4v) is 3.80. The Morgan fingerprint density at radius 3 is 2.43 bits per heavy atom. The molecule has 0 saturated heterocycles. The van der Waals surface area contributed by atoms with Crippen LogP contribution >= 0.6 is 15.9 Å². The van der Waals surface area contributed by atoms with Crippen molar-refractivity contribution in [1.82, 2.24) is 9.55 Å². The van der Waals surface area contributed by atoms with E-state index in [0.29, 0.717) is 0 Å². The molecule has 23 heavy (non-hydrogen) atoms. The first kappa shape index (κ1) is 18.7. The zero-order valence-corrected chi connectivity index (χ0v) is 18.0. The van der Waals surface area contributed by atoms with E-state index in [2.05, 4.69) is 91.4 Å². The van der Waals surface area contributed by atoms with Crippen LogP contribution < -0.4 is 0 Å². The molecule has 0 amide bonds. The van der Waals surface area contributed by atoms with E-state index >= 15 is 0 Å². The molecule has 0 unspecified atom stereocenters. The summed E-state index contributed by atoms with van der Waals surface area (Å²) < 4.78 is 9.73. The first-order valence-corrected chi connectivity index (χ1v) is 11.9. The lowest BCUT2D eigenvalue weighted by molar-refractivity contribution is 0.147. The lowest BCUT2D eigenvalue weighted by Gasteiger charge is -2.39. The third-order valence-electron chi connectivity index (χ3n) is 4.81. The predicted octanol–water partition coefficient (Wildman–Crippen LogP) is 5.85. The maximum absolute atomic E-state index is 6.44. The number of hydrogen-bond donors (Lipinski definition) is 0. The highest BCUT2D eigenvalue weighted by atomic mass is 79.9. The average Bonchev–Trinajstić information content (AvgIpc) is 2.77. The van der Waals surface area contributed by atoms with Gasteiger partial charge in [-0.05, 0) is 36.3 Å². The van der Waals surface area contributed by atoms with E-state index in [9.17, 15) is 0 Å². The van der Waals surface area contributed by atoms with Gasteiger partial charge < -0.3 is 8.99 Å². The van der Waals surface area contributed by atoms with Crippen LogP contribution in [0.3, 0.4) is 0 Å². The van der Waals surface area contributed by atoms with Gasteiger partial charge in [0.05, 0.1) is 17.4 Å². The molecule has 0 fully saturated rings. The van der Waals surface area contributed by atoms with Gasteiger partial charge >= 0.3 is 0 Å². The van der Waals surface area contributed by atoms with E-state index in [1.165, 1.54) is 5.52 Å². The lowest BCUT2D eigenvalue weighted by atomic mass is 9.95. The summed E-state index contributed by atoms with van der Waals surface area (Å²) in [5.74, 6) is 0. The fraction of sp³-hybridized carbons (Fsp3) is 0.611. The summed E-state index contributed by atoms with van der Waals surface area (Å²) in [6.45, 7) is 17.7. The molecule has 128 valence electrons. The molecule has 0 radical (unpaired) electrons. The predicted molar refractivity (Wildman–Crippen MR) is 104 cm³/mol. The van der Waals surface area contributed by atoms with Crippen LogP contribution in [-0.2, 0) is 11.0 Å². The minimum absolute atomic E-state index is 0.0657. The molecule has 0 aliphatic heterocycles. The molecule has 3 nitrogen and oxygen atoms in total. The zero-order chi connectivity index (χ0) is 17.5. The number of halogens is 1. The van der Waals surface area contributed by atoms with E-state index in [0.717, 1.165) is 23.1 Å². The smallest absolute Gasteiger partial charge is 0.192 e. The van der Waals surface area contributed by atoms with Gasteiger partial charge in [-0.25, -0.2) is 4.98 Å². The average molecular weight is 397 g/mol. The molecule has 0 N–H and O–H groups in total. The van der Waals surface area contributed by atoms with Crippen LogP contribution in [0.25, 0.3) is 11.0 Å². The molecule has 0 aliphatic carbocycles. The van der Waals surface area contributed by atoms with Crippen molar-refractivity contribution in [2.45, 2.75) is 59.3 Å². The van der Waals surface area contributed by atoms with Crippen molar-refractivity contribution in [2.24, 2.45) is 5.41 Å². The van der Waals surface area contributed by atoms with Crippen LogP contribution in [-0.4, -0.2) is 24.5 Å². The van der Waals surface area contributed by atoms with Crippen LogP contribution in [0.2, 0.25) is 18.1 Å². The normalized spacial score (nSPS) is 13.7. The number of imidazole rings is 1. The van der Waals surface area contributed by atoms with Gasteiger partial charge in [0.1, 0.15) is 0 Å². The van der Waals surface area contributed by atoms with E-state index in [1.54, 1.807) is 0 Å². The van der Waals surface area contributed by atoms with Gasteiger partial charge in [-0.2, -0.15) is 0 Å². The largest absolute Gasteiger partial charge is 0.416 e. The number of aromatic nitrogens is 2. The fourth-order valence-electron chi connectivity index (χ4n) is 2.26. The second-order valence-electron chi connectivity index (χ2n) is 8.72. The van der Waals surface area contributed by atoms with Gasteiger partial charge in [0.15, 0.2) is 8.32 Å². The van der Waals surface area contributed by atoms with Crippen molar-refractivity contribution >= 4 is 35.3 Å². The molecule has 1 aromatic carbocycles. The number of benzene rings is 1. The van der Waals surface area contributed by atoms with Gasteiger partial charge in [0.25, 0.3) is 0 Å². The summed E-state index contributed by atoms with van der Waals surface area (Å²) in [5.41, 5.74) is 2.27. The van der Waals surface area contributed by atoms with Crippen molar-refractivity contribution in [2.75, 3.05) is 6.61 Å². The highest BCUT2D eigenvalue weighted by Crippen LogP contribution is 2.38. The van der Waals surface area contributed by atoms with Gasteiger partial charge in [0, 0.05) is 23.0 Å². The second-order valence-corrected chi connectivity index (χ2v) is 14.4. The third-order valence-corrected chi connectivity index (χ3v) is 9.78. The number of rotatable bonds is 5. The summed E-state index contributed by atoms with van der Waals surface area (Å²) in [4.78, 5) is 4.51. The number of fused-ring (bicyclic) bond motifs is 1. The van der Waals surface area contributed by atoms with Gasteiger partial charge in [0.2, 0.25) is 0 Å². The van der Waals surface area contributed by atoms with Crippen molar-refractivity contribution in [3.8, 4) is 0 Å². The van der Waals surface area contributed by atoms with E-state index in [4.69, 9.17) is 4.43 Å². The van der Waals surface area contributed by atoms with Gasteiger partial charge in [-0.3, -0.25) is 0 Å². The highest BCUT2D eigenvalue weighted by Gasteiger charge is 2.38. The molecule has 2 aromatic rings. The van der Waals surface area contributed by atoms with E-state index < -0.39 is 8.32 Å². The Hall–Kier alpha value is -0.653. The number of nitrogens with zero attached hydrogens (tertiary/aromatic N) is 2. The summed E-state index contributed by atoms with van der Waals surface area (Å²) in [6, 6.07) is 6.25. The maximum atomic E-state index is 6.44. The van der Waals surface area contributed by atoms with Crippen molar-refractivity contribution in [1.29, 1.82) is 0 Å². The molecule has 1 heterocycles. The van der Waals surface area contributed by atoms with Gasteiger partial charge in [-0.1, -0.05) is 50.5 Å². The molecule has 0 atom stereocenters. The van der Waals surface area contributed by atoms with Crippen LogP contribution in [0, 0.1) is 5.41 Å². The van der Waals surface area contributed by atoms with Crippen molar-refractivity contribution in [3.05, 3.63) is 29.0 Å². The Bertz CT molecular complexity index is 686. The van der Waals surface area contributed by atoms with Crippen LogP contribution in [0.5, 0.6) is 0 Å². The maximum Gasteiger partial charge on any atom is 0.192 e. The van der Waals surface area contributed by atoms with Gasteiger partial charge in [-0.15, -0.1) is 0 Å². The molecule has 0 spiro atoms. The molecule has 0 aliphatic rings. The second kappa shape index (κ2) is 6.34. The molecule has 1 aromatic heterocycles. The third kappa shape index (κ3) is 4.46. The molecular formula is C18H29BrN2OSi. The molecule has 5 heteroatoms. The van der Waals surface area contributed by atoms with E-state index in [-0.39, 0.29) is 10.5 Å². The van der Waals surface area contributed by atoms with Crippen molar-refractivity contribution in [3.63, 3.8) is 0 Å². The molecular weight excluding hydrogens is 368 g/mol. The molecule has 2 rings (SSSR count). The van der Waals surface area contributed by atoms with Crippen molar-refractivity contribution < 1.29 is 4.43 Å². The number of hydrogen-bond acceptors (Lipinski definition) is 2. The Morgan fingerprint density at radius 1 is 1.17 bits per heavy atom. The summed E-state index contributed by atoms with van der Waals surface area (Å²) in [7, 11) is -1.71. The first-order chi connectivity index (χ1) is 10.4. The molecule has 0 bridgehead atoms. The van der Waals surface area contributed by atoms with Crippen LogP contribution in [0.1, 0.15) is 34.6 Å². The van der Waals surface area contributed by atoms with Crippen LogP contribution in [0.15, 0.2) is 29.0 Å². The SMILES string of the molecule is CC(C)(CO[Si](C)(C)C(C)(C)C)Cn1cnc2cc(Br)ccc21. The molecule has 0 saturated carbocycles. The quantitative estimate of drug-likeness (QED) is 0.592. The monoisotopic (exact) mass is 396 g/mol. The Labute approximate surface area is 149 Å². The first-order valence-electron chi connectivity index (χ1n) is 8.16. The van der Waals surface area contributed by atoms with E-state index in [1.807, 2.05) is 6.33 Å². The van der Waals surface area contributed by atoms with Crippen LogP contribution in [0.4, 0.5) is 0 Å². The summed E-state index contributed by atoms with van der Waals surface area (Å²) in [5, 5.41) is 0.247. The highest BCUT2D eigenvalue weighted by molar-refractivity contribution is 9.10. The minimum atomic E-state index is -1.71. The Kier molecular flexibility index (Phi) is 5.15. The Morgan fingerprint density at radius 2 is 1.83 bits per heavy atom. The topological polar surface area (TPSA) is 27.1 Å². The summed E-state index contributed by atoms with van der Waals surface area (Å²) in [6.07, 6.45) is 1.94. The standard InChI is InChI=1S/C18H29BrN2OSi/c1-17(2,3)23(6,7)22-12-18(4,5)11-21-13-20-15-10-14(19)8-9-16(15)21/h8-10,13H,11-12H2,1-7H3. The Balaban J connectivity index is 2.11. The zero-order valence-electron chi connectivity index (χ0n) is 15.4. The lowest BCUT2D eigenvalue weighted by Crippen LogP contribution is -2.43.